The Balaban J connectivity index is 1.89. The van der Waals surface area contributed by atoms with Crippen LogP contribution in [0.5, 0.6) is 5.88 Å². The summed E-state index contributed by atoms with van der Waals surface area (Å²) in [5.41, 5.74) is 1.70. The number of carbonyl (C=O) groups excluding carboxylic acids is 1. The van der Waals surface area contributed by atoms with E-state index in [1.54, 1.807) is 17.5 Å². The van der Waals surface area contributed by atoms with Crippen LogP contribution in [0.3, 0.4) is 0 Å². The molecule has 5 nitrogen and oxygen atoms in total. The zero-order chi connectivity index (χ0) is 15.1. The van der Waals surface area contributed by atoms with Crippen LogP contribution in [0.1, 0.15) is 30.1 Å². The molecule has 0 aliphatic carbocycles. The van der Waals surface area contributed by atoms with Gasteiger partial charge in [0.1, 0.15) is 0 Å². The Bertz CT molecular complexity index is 598. The maximum Gasteiger partial charge on any atom is 0.226 e. The Morgan fingerprint density at radius 3 is 3.00 bits per heavy atom. The first-order valence-corrected chi connectivity index (χ1v) is 7.87. The highest BCUT2D eigenvalue weighted by atomic mass is 32.1. The molecule has 0 fully saturated rings. The largest absolute Gasteiger partial charge is 0.478 e. The van der Waals surface area contributed by atoms with Gasteiger partial charge in [0.05, 0.1) is 23.7 Å². The van der Waals surface area contributed by atoms with Gasteiger partial charge >= 0.3 is 0 Å². The van der Waals surface area contributed by atoms with E-state index < -0.39 is 0 Å². The fraction of sp³-hybridized carbons (Fsp3) is 0.400. The minimum Gasteiger partial charge on any atom is -0.478 e. The molecular weight excluding hydrogens is 286 g/mol. The maximum absolute atomic E-state index is 11.9. The summed E-state index contributed by atoms with van der Waals surface area (Å²) >= 11 is 1.59. The molecule has 0 saturated heterocycles. The van der Waals surface area contributed by atoms with Crippen LogP contribution in [0.15, 0.2) is 23.7 Å². The molecule has 0 bridgehead atoms. The number of thiazole rings is 1. The van der Waals surface area contributed by atoms with Gasteiger partial charge in [-0.1, -0.05) is 13.0 Å². The van der Waals surface area contributed by atoms with Gasteiger partial charge in [-0.2, -0.15) is 0 Å². The van der Waals surface area contributed by atoms with Gasteiger partial charge in [0.2, 0.25) is 11.8 Å². The van der Waals surface area contributed by atoms with Gasteiger partial charge in [0.25, 0.3) is 0 Å². The number of hydrogen-bond acceptors (Lipinski definition) is 5. The zero-order valence-electron chi connectivity index (χ0n) is 12.3. The van der Waals surface area contributed by atoms with E-state index in [1.165, 1.54) is 0 Å². The van der Waals surface area contributed by atoms with E-state index >= 15 is 0 Å². The van der Waals surface area contributed by atoms with Crippen molar-refractivity contribution in [1.29, 1.82) is 0 Å². The summed E-state index contributed by atoms with van der Waals surface area (Å²) in [6.45, 7) is 4.92. The highest BCUT2D eigenvalue weighted by Crippen LogP contribution is 2.14. The van der Waals surface area contributed by atoms with Crippen molar-refractivity contribution in [2.24, 2.45) is 0 Å². The number of amides is 1. The van der Waals surface area contributed by atoms with E-state index in [1.807, 2.05) is 24.4 Å². The van der Waals surface area contributed by atoms with Crippen LogP contribution in [-0.2, 0) is 24.2 Å². The predicted octanol–water partition coefficient (Wildman–Crippen LogP) is 2.36. The van der Waals surface area contributed by atoms with Crippen LogP contribution in [0.4, 0.5) is 0 Å². The normalized spacial score (nSPS) is 10.4. The van der Waals surface area contributed by atoms with Crippen LogP contribution in [0.2, 0.25) is 0 Å². The number of ether oxygens (including phenoxy) is 1. The lowest BCUT2D eigenvalue weighted by Crippen LogP contribution is -2.25. The number of aromatic nitrogens is 2. The Hall–Kier alpha value is -1.95. The van der Waals surface area contributed by atoms with E-state index in [0.29, 0.717) is 25.5 Å². The lowest BCUT2D eigenvalue weighted by molar-refractivity contribution is -0.120. The van der Waals surface area contributed by atoms with Crippen molar-refractivity contribution in [1.82, 2.24) is 15.3 Å². The molecule has 2 heterocycles. The lowest BCUT2D eigenvalue weighted by atomic mass is 10.2. The quantitative estimate of drug-likeness (QED) is 0.853. The van der Waals surface area contributed by atoms with E-state index in [9.17, 15) is 4.79 Å². The third kappa shape index (κ3) is 4.53. The summed E-state index contributed by atoms with van der Waals surface area (Å²) in [4.78, 5) is 20.5. The molecule has 2 aromatic rings. The smallest absolute Gasteiger partial charge is 0.226 e. The monoisotopic (exact) mass is 305 g/mol. The summed E-state index contributed by atoms with van der Waals surface area (Å²) < 4.78 is 5.43. The highest BCUT2D eigenvalue weighted by Gasteiger charge is 2.09. The standard InChI is InChI=1S/C15H19N3O2S/c1-3-14-18-12(10-21-14)8-13(19)17-9-11-6-5-7-16-15(11)20-4-2/h5-7,10H,3-4,8-9H2,1-2H3,(H,17,19). The molecule has 0 unspecified atom stereocenters. The number of nitrogens with one attached hydrogen (secondary N) is 1. The molecule has 0 aliphatic heterocycles. The fourth-order valence-electron chi connectivity index (χ4n) is 1.84. The van der Waals surface area contributed by atoms with E-state index in [-0.39, 0.29) is 5.91 Å². The summed E-state index contributed by atoms with van der Waals surface area (Å²) in [6.07, 6.45) is 2.89. The van der Waals surface area contributed by atoms with Gasteiger partial charge in [0, 0.05) is 23.7 Å². The molecule has 0 atom stereocenters. The molecule has 2 aromatic heterocycles. The van der Waals surface area contributed by atoms with E-state index in [2.05, 4.69) is 22.2 Å². The molecular formula is C15H19N3O2S. The van der Waals surface area contributed by atoms with Gasteiger partial charge in [-0.05, 0) is 19.4 Å². The predicted molar refractivity (Wildman–Crippen MR) is 82.4 cm³/mol. The number of pyridine rings is 1. The van der Waals surface area contributed by atoms with Gasteiger partial charge in [-0.15, -0.1) is 11.3 Å². The highest BCUT2D eigenvalue weighted by molar-refractivity contribution is 7.09. The van der Waals surface area contributed by atoms with Crippen molar-refractivity contribution < 1.29 is 9.53 Å². The lowest BCUT2D eigenvalue weighted by Gasteiger charge is -2.09. The first-order valence-electron chi connectivity index (χ1n) is 6.99. The summed E-state index contributed by atoms with van der Waals surface area (Å²) in [5.74, 6) is 0.525. The molecule has 0 radical (unpaired) electrons. The molecule has 0 aliphatic rings. The van der Waals surface area contributed by atoms with Gasteiger partial charge in [0.15, 0.2) is 0 Å². The van der Waals surface area contributed by atoms with Crippen molar-refractivity contribution in [3.05, 3.63) is 40.0 Å². The molecule has 6 heteroatoms. The van der Waals surface area contributed by atoms with Crippen molar-refractivity contribution in [2.45, 2.75) is 33.2 Å². The number of carbonyl (C=O) groups is 1. The van der Waals surface area contributed by atoms with Gasteiger partial charge < -0.3 is 10.1 Å². The second kappa shape index (κ2) is 7.73. The molecule has 0 spiro atoms. The molecule has 2 rings (SSSR count). The van der Waals surface area contributed by atoms with Gasteiger partial charge in [-0.25, -0.2) is 9.97 Å². The summed E-state index contributed by atoms with van der Waals surface area (Å²) in [7, 11) is 0. The molecule has 1 amide bonds. The van der Waals surface area contributed by atoms with Crippen LogP contribution in [-0.4, -0.2) is 22.5 Å². The maximum atomic E-state index is 11.9. The molecule has 21 heavy (non-hydrogen) atoms. The molecule has 0 aromatic carbocycles. The van der Waals surface area contributed by atoms with Crippen LogP contribution in [0.25, 0.3) is 0 Å². The Morgan fingerprint density at radius 1 is 1.43 bits per heavy atom. The third-order valence-corrected chi connectivity index (χ3v) is 3.89. The van der Waals surface area contributed by atoms with Crippen molar-refractivity contribution >= 4 is 17.2 Å². The van der Waals surface area contributed by atoms with Crippen molar-refractivity contribution in [2.75, 3.05) is 6.61 Å². The Kier molecular flexibility index (Phi) is 5.68. The van der Waals surface area contributed by atoms with Crippen molar-refractivity contribution in [3.63, 3.8) is 0 Å². The zero-order valence-corrected chi connectivity index (χ0v) is 13.1. The molecule has 112 valence electrons. The minimum atomic E-state index is -0.0470. The topological polar surface area (TPSA) is 64.1 Å². The first-order chi connectivity index (χ1) is 10.2. The number of aryl methyl sites for hydroxylation is 1. The first kappa shape index (κ1) is 15.4. The second-order valence-electron chi connectivity index (χ2n) is 4.44. The number of hydrogen-bond donors (Lipinski definition) is 1. The third-order valence-electron chi connectivity index (χ3n) is 2.85. The summed E-state index contributed by atoms with van der Waals surface area (Å²) in [5, 5.41) is 5.88. The minimum absolute atomic E-state index is 0.0470. The SMILES string of the molecule is CCOc1ncccc1CNC(=O)Cc1csc(CC)n1. The average Bonchev–Trinajstić information content (AvgIpc) is 2.94. The summed E-state index contributed by atoms with van der Waals surface area (Å²) in [6, 6.07) is 3.73. The number of nitrogens with zero attached hydrogens (tertiary/aromatic N) is 2. The van der Waals surface area contributed by atoms with Crippen LogP contribution < -0.4 is 10.1 Å². The van der Waals surface area contributed by atoms with Gasteiger partial charge in [-0.3, -0.25) is 4.79 Å². The molecule has 1 N–H and O–H groups in total. The van der Waals surface area contributed by atoms with E-state index in [4.69, 9.17) is 4.74 Å². The van der Waals surface area contributed by atoms with Crippen LogP contribution in [0, 0.1) is 0 Å². The van der Waals surface area contributed by atoms with Crippen molar-refractivity contribution in [3.8, 4) is 5.88 Å². The Labute approximate surface area is 128 Å². The molecule has 0 saturated carbocycles. The number of rotatable bonds is 7. The average molecular weight is 305 g/mol. The fourth-order valence-corrected chi connectivity index (χ4v) is 2.58. The second-order valence-corrected chi connectivity index (χ2v) is 5.38. The van der Waals surface area contributed by atoms with E-state index in [0.717, 1.165) is 22.7 Å². The Morgan fingerprint density at radius 2 is 2.29 bits per heavy atom. The van der Waals surface area contributed by atoms with Crippen LogP contribution >= 0.6 is 11.3 Å².